The molecule has 2 atom stereocenters. The molecule has 236 valence electrons. The highest BCUT2D eigenvalue weighted by Crippen LogP contribution is 2.26. The highest BCUT2D eigenvalue weighted by atomic mass is 35.5. The normalized spacial score (nSPS) is 16.7. The molecule has 1 heterocycles. The summed E-state index contributed by atoms with van der Waals surface area (Å²) in [5.74, 6) is 0.0553. The monoisotopic (exact) mass is 609 g/mol. The maximum Gasteiger partial charge on any atom is 0.306 e. The second-order valence-electron chi connectivity index (χ2n) is 11.4. The quantitative estimate of drug-likeness (QED) is 0.118. The average molecular weight is 610 g/mol. The number of likely N-dealkylation sites (tertiary alicyclic amines) is 1. The van der Waals surface area contributed by atoms with E-state index in [0.29, 0.717) is 31.6 Å². The van der Waals surface area contributed by atoms with Crippen molar-refractivity contribution < 1.29 is 27.8 Å². The van der Waals surface area contributed by atoms with Crippen LogP contribution in [0, 0.1) is 11.6 Å². The Bertz CT molecular complexity index is 1070. The van der Waals surface area contributed by atoms with E-state index < -0.39 is 5.82 Å². The summed E-state index contributed by atoms with van der Waals surface area (Å²) in [6, 6.07) is 9.61. The van der Waals surface area contributed by atoms with Gasteiger partial charge in [-0.2, -0.15) is 0 Å². The predicted molar refractivity (Wildman–Crippen MR) is 167 cm³/mol. The number of rotatable bonds is 19. The van der Waals surface area contributed by atoms with Gasteiger partial charge in [-0.3, -0.25) is 9.69 Å². The molecule has 3 rings (SSSR count). The summed E-state index contributed by atoms with van der Waals surface area (Å²) in [4.78, 5) is 14.6. The van der Waals surface area contributed by atoms with Crippen molar-refractivity contribution in [3.05, 3.63) is 59.2 Å². The van der Waals surface area contributed by atoms with Crippen molar-refractivity contribution in [2.45, 2.75) is 109 Å². The Kier molecular flexibility index (Phi) is 16.8. The first-order valence-electron chi connectivity index (χ1n) is 15.5. The molecule has 1 fully saturated rings. The molecule has 0 amide bonds. The minimum Gasteiger partial charge on any atom is -0.494 e. The number of likely N-dealkylation sites (N-methyl/N-ethyl adjacent to an activating group) is 1. The molecule has 0 spiro atoms. The molecule has 1 saturated heterocycles. The average Bonchev–Trinajstić information content (AvgIpc) is 3.30. The van der Waals surface area contributed by atoms with E-state index in [1.54, 1.807) is 18.2 Å². The molecular formula is C34H50ClF2NO4. The van der Waals surface area contributed by atoms with E-state index in [9.17, 15) is 13.6 Å². The number of esters is 1. The van der Waals surface area contributed by atoms with Crippen LogP contribution in [0.3, 0.4) is 0 Å². The molecular weight excluding hydrogens is 560 g/mol. The lowest BCUT2D eigenvalue weighted by molar-refractivity contribution is -0.148. The van der Waals surface area contributed by atoms with Crippen molar-refractivity contribution in [2.24, 2.45) is 0 Å². The van der Waals surface area contributed by atoms with E-state index in [0.717, 1.165) is 43.4 Å². The number of carbonyl (C=O) groups excluding carboxylic acids is 1. The van der Waals surface area contributed by atoms with Gasteiger partial charge in [0.15, 0.2) is 11.6 Å². The molecule has 0 saturated carbocycles. The molecule has 8 heteroatoms. The van der Waals surface area contributed by atoms with E-state index in [1.165, 1.54) is 70.3 Å². The molecule has 2 aromatic rings. The van der Waals surface area contributed by atoms with E-state index in [4.69, 9.17) is 14.2 Å². The van der Waals surface area contributed by atoms with Crippen molar-refractivity contribution in [1.29, 1.82) is 0 Å². The van der Waals surface area contributed by atoms with E-state index in [1.807, 2.05) is 0 Å². The van der Waals surface area contributed by atoms with E-state index in [2.05, 4.69) is 18.9 Å². The van der Waals surface area contributed by atoms with Crippen LogP contribution in [0.4, 0.5) is 8.78 Å². The number of unbranched alkanes of at least 4 members (excludes halogenated alkanes) is 8. The summed E-state index contributed by atoms with van der Waals surface area (Å²) in [7, 11) is 3.49. The molecule has 2 aromatic carbocycles. The molecule has 0 N–H and O–H groups in total. The van der Waals surface area contributed by atoms with Crippen LogP contribution in [0.5, 0.6) is 11.5 Å². The summed E-state index contributed by atoms with van der Waals surface area (Å²) in [5, 5.41) is 0. The van der Waals surface area contributed by atoms with Gasteiger partial charge in [-0.15, -0.1) is 12.4 Å². The van der Waals surface area contributed by atoms with Gasteiger partial charge in [0.05, 0.1) is 13.7 Å². The zero-order chi connectivity index (χ0) is 29.5. The third-order valence-electron chi connectivity index (χ3n) is 8.06. The molecule has 0 radical (unpaired) electrons. The molecule has 0 bridgehead atoms. The van der Waals surface area contributed by atoms with Crippen LogP contribution in [0.15, 0.2) is 36.4 Å². The molecule has 0 unspecified atom stereocenters. The first-order chi connectivity index (χ1) is 19.9. The van der Waals surface area contributed by atoms with Gasteiger partial charge in [-0.05, 0) is 74.2 Å². The third kappa shape index (κ3) is 12.5. The van der Waals surface area contributed by atoms with E-state index in [-0.39, 0.29) is 42.1 Å². The lowest BCUT2D eigenvalue weighted by Crippen LogP contribution is -2.27. The Hall–Kier alpha value is -2.38. The topological polar surface area (TPSA) is 48.0 Å². The van der Waals surface area contributed by atoms with E-state index >= 15 is 0 Å². The van der Waals surface area contributed by atoms with Crippen LogP contribution < -0.4 is 9.47 Å². The number of nitrogens with zero attached hydrogens (tertiary/aromatic N) is 1. The lowest BCUT2D eigenvalue weighted by Gasteiger charge is -2.19. The van der Waals surface area contributed by atoms with Crippen molar-refractivity contribution in [1.82, 2.24) is 4.90 Å². The first kappa shape index (κ1) is 35.8. The van der Waals surface area contributed by atoms with Gasteiger partial charge in [-0.25, -0.2) is 8.78 Å². The van der Waals surface area contributed by atoms with Crippen LogP contribution in [0.25, 0.3) is 0 Å². The summed E-state index contributed by atoms with van der Waals surface area (Å²) in [6.45, 7) is 3.45. The Balaban J connectivity index is 0.00000616. The molecule has 5 nitrogen and oxygen atoms in total. The molecule has 0 aromatic heterocycles. The van der Waals surface area contributed by atoms with Gasteiger partial charge >= 0.3 is 5.97 Å². The molecule has 42 heavy (non-hydrogen) atoms. The fourth-order valence-corrected chi connectivity index (χ4v) is 5.60. The van der Waals surface area contributed by atoms with Crippen LogP contribution in [0.1, 0.15) is 95.1 Å². The molecule has 0 aliphatic carbocycles. The van der Waals surface area contributed by atoms with Gasteiger partial charge in [-0.1, -0.05) is 64.4 Å². The van der Waals surface area contributed by atoms with Crippen LogP contribution in [0.2, 0.25) is 0 Å². The van der Waals surface area contributed by atoms with Gasteiger partial charge in [0.2, 0.25) is 0 Å². The van der Waals surface area contributed by atoms with Gasteiger partial charge in [0.25, 0.3) is 0 Å². The highest BCUT2D eigenvalue weighted by Gasteiger charge is 2.31. The van der Waals surface area contributed by atoms with Gasteiger partial charge in [0.1, 0.15) is 17.7 Å². The lowest BCUT2D eigenvalue weighted by atomic mass is 10.0. The third-order valence-corrected chi connectivity index (χ3v) is 8.06. The van der Waals surface area contributed by atoms with Gasteiger partial charge < -0.3 is 14.2 Å². The van der Waals surface area contributed by atoms with Crippen LogP contribution in [-0.4, -0.2) is 50.3 Å². The van der Waals surface area contributed by atoms with Crippen molar-refractivity contribution >= 4 is 18.4 Å². The maximum absolute atomic E-state index is 14.0. The zero-order valence-electron chi connectivity index (χ0n) is 25.7. The number of carbonyl (C=O) groups is 1. The minimum atomic E-state index is -0.404. The number of ether oxygens (including phenoxy) is 3. The highest BCUT2D eigenvalue weighted by molar-refractivity contribution is 5.85. The van der Waals surface area contributed by atoms with Crippen molar-refractivity contribution in [3.63, 3.8) is 0 Å². The van der Waals surface area contributed by atoms with Gasteiger partial charge in [0, 0.05) is 25.4 Å². The summed E-state index contributed by atoms with van der Waals surface area (Å²) in [6.07, 6.45) is 14.2. The number of hydrogen-bond acceptors (Lipinski definition) is 5. The Morgan fingerprint density at radius 2 is 1.64 bits per heavy atom. The zero-order valence-corrected chi connectivity index (χ0v) is 26.5. The summed E-state index contributed by atoms with van der Waals surface area (Å²) in [5.41, 5.74) is 1.68. The smallest absolute Gasteiger partial charge is 0.306 e. The van der Waals surface area contributed by atoms with Crippen molar-refractivity contribution in [2.75, 3.05) is 27.3 Å². The fourth-order valence-electron chi connectivity index (χ4n) is 5.60. The largest absolute Gasteiger partial charge is 0.494 e. The maximum atomic E-state index is 14.0. The standard InChI is InChI=1S/C34H49F2NO4.ClH/c1-4-5-6-7-8-9-10-11-12-13-34(38)41-30-24-29(37(2)25-30)20-21-40-32-19-17-28(35)23-27(32)16-14-26-15-18-31(36)33(22-26)39-3;/h15,17-19,22-23,29-30H,4-14,16,20-21,24-25H2,1-3H3;1H/t29-,30-;/m1./s1. The molecule has 1 aliphatic heterocycles. The second kappa shape index (κ2) is 19.7. The van der Waals surface area contributed by atoms with Crippen LogP contribution >= 0.6 is 12.4 Å². The Morgan fingerprint density at radius 3 is 2.36 bits per heavy atom. The Labute approximate surface area is 257 Å². The first-order valence-corrected chi connectivity index (χ1v) is 15.5. The Morgan fingerprint density at radius 1 is 0.929 bits per heavy atom. The second-order valence-corrected chi connectivity index (χ2v) is 11.4. The SMILES string of the molecule is CCCCCCCCCCCC(=O)O[C@@H]1C[C@@H](CCOc2ccc(F)cc2CCc2ccc(F)c(OC)c2)N(C)C1.Cl. The van der Waals surface area contributed by atoms with Crippen molar-refractivity contribution in [3.8, 4) is 11.5 Å². The number of methoxy groups -OCH3 is 1. The summed E-state index contributed by atoms with van der Waals surface area (Å²) >= 11 is 0. The number of halogens is 3. The number of benzene rings is 2. The fraction of sp³-hybridized carbons (Fsp3) is 0.618. The number of aryl methyl sites for hydroxylation is 2. The summed E-state index contributed by atoms with van der Waals surface area (Å²) < 4.78 is 44.7. The predicted octanol–water partition coefficient (Wildman–Crippen LogP) is 8.49. The number of hydrogen-bond donors (Lipinski definition) is 0. The minimum absolute atomic E-state index is 0. The van der Waals surface area contributed by atoms with Crippen LogP contribution in [-0.2, 0) is 22.4 Å². The molecule has 1 aliphatic rings.